The highest BCUT2D eigenvalue weighted by Crippen LogP contribution is 2.33. The van der Waals surface area contributed by atoms with Crippen LogP contribution in [0, 0.1) is 0 Å². The number of anilines is 1. The topological polar surface area (TPSA) is 47.1 Å². The molecule has 114 valence electrons. The standard InChI is InChI=1S/C16H23ClN4/c1-11(2)20-9-4-5-12(8-10-20)21-15-13(17)6-3-7-14(15)19-16(21)18/h3,6-7,11-12H,4-5,8-10H2,1-2H3,(H2,18,19)/t12-/m0/s1. The monoisotopic (exact) mass is 306 g/mol. The molecule has 0 unspecified atom stereocenters. The maximum atomic E-state index is 6.39. The van der Waals surface area contributed by atoms with Crippen molar-refractivity contribution in [1.82, 2.24) is 14.5 Å². The molecule has 4 nitrogen and oxygen atoms in total. The van der Waals surface area contributed by atoms with Gasteiger partial charge in [0.25, 0.3) is 0 Å². The molecule has 3 rings (SSSR count). The molecule has 5 heteroatoms. The third-order valence-corrected chi connectivity index (χ3v) is 4.82. The van der Waals surface area contributed by atoms with Gasteiger partial charge in [-0.3, -0.25) is 0 Å². The highest BCUT2D eigenvalue weighted by molar-refractivity contribution is 6.35. The number of likely N-dealkylation sites (tertiary alicyclic amines) is 1. The van der Waals surface area contributed by atoms with E-state index in [0.717, 1.165) is 42.0 Å². The number of benzene rings is 1. The fraction of sp³-hybridized carbons (Fsp3) is 0.562. The summed E-state index contributed by atoms with van der Waals surface area (Å²) in [5.41, 5.74) is 8.06. The van der Waals surface area contributed by atoms with Crippen LogP contribution in [0.3, 0.4) is 0 Å². The second kappa shape index (κ2) is 5.85. The van der Waals surface area contributed by atoms with E-state index in [2.05, 4.69) is 28.3 Å². The van der Waals surface area contributed by atoms with Crippen molar-refractivity contribution in [2.75, 3.05) is 18.8 Å². The van der Waals surface area contributed by atoms with Gasteiger partial charge in [0, 0.05) is 18.6 Å². The van der Waals surface area contributed by atoms with Crippen LogP contribution < -0.4 is 5.73 Å². The lowest BCUT2D eigenvalue weighted by Crippen LogP contribution is -2.31. The highest BCUT2D eigenvalue weighted by atomic mass is 35.5. The largest absolute Gasteiger partial charge is 0.369 e. The summed E-state index contributed by atoms with van der Waals surface area (Å²) in [5, 5.41) is 0.738. The van der Waals surface area contributed by atoms with Crippen LogP contribution in [0.5, 0.6) is 0 Å². The van der Waals surface area contributed by atoms with E-state index >= 15 is 0 Å². The predicted octanol–water partition coefficient (Wildman–Crippen LogP) is 3.71. The molecule has 1 fully saturated rings. The van der Waals surface area contributed by atoms with Crippen molar-refractivity contribution in [2.45, 2.75) is 45.2 Å². The highest BCUT2D eigenvalue weighted by Gasteiger charge is 2.23. The normalized spacial score (nSPS) is 21.0. The van der Waals surface area contributed by atoms with Crippen molar-refractivity contribution in [3.63, 3.8) is 0 Å². The Bertz CT molecular complexity index is 634. The zero-order valence-corrected chi connectivity index (χ0v) is 13.5. The van der Waals surface area contributed by atoms with E-state index < -0.39 is 0 Å². The molecule has 2 aromatic rings. The second-order valence-corrected chi connectivity index (χ2v) is 6.57. The first kappa shape index (κ1) is 14.7. The van der Waals surface area contributed by atoms with Gasteiger partial charge in [-0.2, -0.15) is 0 Å². The zero-order chi connectivity index (χ0) is 15.0. The van der Waals surface area contributed by atoms with E-state index in [0.29, 0.717) is 18.0 Å². The molecule has 0 amide bonds. The number of fused-ring (bicyclic) bond motifs is 1. The first-order valence-electron chi connectivity index (χ1n) is 7.74. The van der Waals surface area contributed by atoms with Crippen molar-refractivity contribution >= 4 is 28.6 Å². The Morgan fingerprint density at radius 2 is 2.10 bits per heavy atom. The second-order valence-electron chi connectivity index (χ2n) is 6.16. The van der Waals surface area contributed by atoms with Crippen molar-refractivity contribution in [3.8, 4) is 0 Å². The number of aromatic nitrogens is 2. The van der Waals surface area contributed by atoms with Crippen LogP contribution in [-0.2, 0) is 0 Å². The smallest absolute Gasteiger partial charge is 0.201 e. The minimum Gasteiger partial charge on any atom is -0.369 e. The van der Waals surface area contributed by atoms with Gasteiger partial charge in [-0.05, 0) is 51.8 Å². The fourth-order valence-electron chi connectivity index (χ4n) is 3.37. The van der Waals surface area contributed by atoms with Gasteiger partial charge >= 0.3 is 0 Å². The van der Waals surface area contributed by atoms with Crippen LogP contribution in [-0.4, -0.2) is 33.6 Å². The molecule has 2 N–H and O–H groups in total. The summed E-state index contributed by atoms with van der Waals surface area (Å²) >= 11 is 6.39. The van der Waals surface area contributed by atoms with Crippen LogP contribution in [0.2, 0.25) is 5.02 Å². The Hall–Kier alpha value is -1.26. The van der Waals surface area contributed by atoms with Crippen LogP contribution in [0.15, 0.2) is 18.2 Å². The Kier molecular flexibility index (Phi) is 4.09. The Balaban J connectivity index is 1.95. The molecule has 1 aromatic carbocycles. The molecule has 0 aliphatic carbocycles. The number of halogens is 1. The minimum atomic E-state index is 0.388. The molecular formula is C16H23ClN4. The van der Waals surface area contributed by atoms with Gasteiger partial charge in [-0.25, -0.2) is 4.98 Å². The minimum absolute atomic E-state index is 0.388. The molecular weight excluding hydrogens is 284 g/mol. The first-order chi connectivity index (χ1) is 10.1. The van der Waals surface area contributed by atoms with Crippen molar-refractivity contribution in [3.05, 3.63) is 23.2 Å². The summed E-state index contributed by atoms with van der Waals surface area (Å²) in [6, 6.07) is 6.81. The molecule has 1 aliphatic rings. The lowest BCUT2D eigenvalue weighted by Gasteiger charge is -2.24. The number of imidazole rings is 1. The number of nitrogens with zero attached hydrogens (tertiary/aromatic N) is 3. The summed E-state index contributed by atoms with van der Waals surface area (Å²) in [7, 11) is 0. The number of nitrogens with two attached hydrogens (primary N) is 1. The number of nitrogen functional groups attached to an aromatic ring is 1. The summed E-state index contributed by atoms with van der Waals surface area (Å²) in [5.74, 6) is 0.584. The lowest BCUT2D eigenvalue weighted by molar-refractivity contribution is 0.228. The average Bonchev–Trinajstić information content (AvgIpc) is 2.62. The molecule has 1 atom stereocenters. The van der Waals surface area contributed by atoms with Crippen LogP contribution >= 0.6 is 11.6 Å². The molecule has 21 heavy (non-hydrogen) atoms. The summed E-state index contributed by atoms with van der Waals surface area (Å²) < 4.78 is 2.15. The van der Waals surface area contributed by atoms with Gasteiger partial charge in [0.15, 0.2) is 0 Å². The van der Waals surface area contributed by atoms with Gasteiger partial charge in [0.2, 0.25) is 5.95 Å². The number of para-hydroxylation sites is 1. The molecule has 0 bridgehead atoms. The third-order valence-electron chi connectivity index (χ3n) is 4.52. The summed E-state index contributed by atoms with van der Waals surface area (Å²) in [6.45, 7) is 6.79. The van der Waals surface area contributed by atoms with Gasteiger partial charge in [-0.15, -0.1) is 0 Å². The fourth-order valence-corrected chi connectivity index (χ4v) is 3.63. The van der Waals surface area contributed by atoms with E-state index in [-0.39, 0.29) is 0 Å². The Morgan fingerprint density at radius 3 is 2.86 bits per heavy atom. The molecule has 1 aromatic heterocycles. The number of hydrogen-bond donors (Lipinski definition) is 1. The molecule has 2 heterocycles. The van der Waals surface area contributed by atoms with Gasteiger partial charge in [-0.1, -0.05) is 17.7 Å². The Morgan fingerprint density at radius 1 is 1.29 bits per heavy atom. The van der Waals surface area contributed by atoms with E-state index in [1.54, 1.807) is 0 Å². The average molecular weight is 307 g/mol. The molecule has 1 aliphatic heterocycles. The summed E-state index contributed by atoms with van der Waals surface area (Å²) in [6.07, 6.45) is 3.41. The van der Waals surface area contributed by atoms with E-state index in [1.165, 1.54) is 6.42 Å². The maximum absolute atomic E-state index is 6.39. The van der Waals surface area contributed by atoms with E-state index in [4.69, 9.17) is 17.3 Å². The predicted molar refractivity (Wildman–Crippen MR) is 88.8 cm³/mol. The molecule has 0 saturated carbocycles. The zero-order valence-electron chi connectivity index (χ0n) is 12.7. The molecule has 0 radical (unpaired) electrons. The summed E-state index contributed by atoms with van der Waals surface area (Å²) in [4.78, 5) is 7.02. The first-order valence-corrected chi connectivity index (χ1v) is 8.11. The van der Waals surface area contributed by atoms with Crippen molar-refractivity contribution < 1.29 is 0 Å². The maximum Gasteiger partial charge on any atom is 0.201 e. The van der Waals surface area contributed by atoms with Crippen molar-refractivity contribution in [2.24, 2.45) is 0 Å². The Labute approximate surface area is 130 Å². The van der Waals surface area contributed by atoms with Crippen LogP contribution in [0.25, 0.3) is 11.0 Å². The van der Waals surface area contributed by atoms with E-state index in [1.807, 2.05) is 18.2 Å². The third kappa shape index (κ3) is 2.74. The SMILES string of the molecule is CC(C)N1CCC[C@H](n2c(N)nc3cccc(Cl)c32)CC1. The van der Waals surface area contributed by atoms with Gasteiger partial charge in [0.05, 0.1) is 16.1 Å². The number of rotatable bonds is 2. The quantitative estimate of drug-likeness (QED) is 0.920. The van der Waals surface area contributed by atoms with Gasteiger partial charge < -0.3 is 15.2 Å². The number of hydrogen-bond acceptors (Lipinski definition) is 3. The molecule has 1 saturated heterocycles. The lowest BCUT2D eigenvalue weighted by atomic mass is 10.1. The van der Waals surface area contributed by atoms with Gasteiger partial charge in [0.1, 0.15) is 0 Å². The van der Waals surface area contributed by atoms with Crippen LogP contribution in [0.4, 0.5) is 5.95 Å². The van der Waals surface area contributed by atoms with E-state index in [9.17, 15) is 0 Å². The van der Waals surface area contributed by atoms with Crippen molar-refractivity contribution in [1.29, 1.82) is 0 Å². The van der Waals surface area contributed by atoms with Crippen LogP contribution in [0.1, 0.15) is 39.2 Å². The molecule has 0 spiro atoms.